The van der Waals surface area contributed by atoms with E-state index in [9.17, 15) is 132 Å². The van der Waals surface area contributed by atoms with Crippen LogP contribution in [0.3, 0.4) is 0 Å². The third-order valence-electron chi connectivity index (χ3n) is 23.6. The van der Waals surface area contributed by atoms with E-state index in [0.29, 0.717) is 57.2 Å². The van der Waals surface area contributed by atoms with Gasteiger partial charge in [0.05, 0.1) is 58.1 Å². The van der Waals surface area contributed by atoms with Gasteiger partial charge in [0.1, 0.15) is 48.0 Å². The molecule has 52 nitrogen and oxygen atoms in total. The molecule has 55 heteroatoms. The molecule has 2 saturated heterocycles. The maximum atomic E-state index is 15.7. The summed E-state index contributed by atoms with van der Waals surface area (Å²) in [6.45, 7) is -8.48. The van der Waals surface area contributed by atoms with Crippen molar-refractivity contribution in [2.24, 2.45) is 5.92 Å². The van der Waals surface area contributed by atoms with Gasteiger partial charge in [-0.15, -0.1) is 5.10 Å². The summed E-state index contributed by atoms with van der Waals surface area (Å²) >= 11 is 0. The number of carboxylic acid groups (broad SMARTS) is 9. The molecular weight excluding hydrogens is 2010 g/mol. The van der Waals surface area contributed by atoms with Crippen LogP contribution in [0.15, 0.2) is 79.0 Å². The van der Waals surface area contributed by atoms with Crippen molar-refractivity contribution < 1.29 is 224 Å². The summed E-state index contributed by atoms with van der Waals surface area (Å²) in [7, 11) is 1.62. The van der Waals surface area contributed by atoms with Crippen molar-refractivity contribution in [3.63, 3.8) is 0 Å². The molecular formula is C86H137N17Ni3O35+6. The zero-order valence-corrected chi connectivity index (χ0v) is 81.1. The number of nitrogens with zero attached hydrogens (tertiary/aromatic N) is 12. The van der Waals surface area contributed by atoms with E-state index in [0.717, 1.165) is 51.0 Å². The Labute approximate surface area is 840 Å². The number of nitrogens with one attached hydrogen (secondary N) is 5. The zero-order valence-electron chi connectivity index (χ0n) is 78.1. The SMILES string of the molecule is CN[C@@H](C)C(=O)N[C@H](C(=O)N1CCC[C@H]1C(=O)N[C@H](C(=O)N[C@@H](CCCCn1cc(CN2C(=O)C=CC2=O)nn1)C(=O)NCCCCCC(=O)N1CCN(C(=O)CC[C@H](C(=O)O)N(CC(=O)O)CC(=O)O)CCN(C(=O)CC[C@H](C(=O)O)N(CC(=O)O)CC(=O)O)CCN(C(=O)CC[C@H](C(=O)O)N(CC(=O)O)CC(=O)O)CC1)C(c1ccccc1)c1ccccc1)C1CCCCC1.[Ni].[Ni].[Ni].[OH3+].[OH3+].[OH3+].[OH3+].[OH3+].[OH3+]. The number of benzene rings is 2. The standard InChI is InChI=1S/C86H119N17O29.3Ni.6H2O/c1-54(87-2)79(122)90-77(57-22-11-5-12-23-57)83(126)102-37-17-25-60(102)81(124)91-78(76(55-18-7-3-8-19-55)56-20-9-4-10-21-56)82(125)89-59(24-14-16-36-101-46-58(92-93-101)47-103-68(108)33-34-69(103)109)80(123)88-35-15-6-13-26-64(104)94-38-40-95(65(105)30-27-61(84(127)128)98(48-70(110)111)49-71(112)113)42-44-97(67(107)32-29-63(86(131)132)100(52-74(118)119)53-75(120)121)45-43-96(41-39-94)66(106)31-28-62(85(129)130)99(50-72(114)115)51-73(116)117;;;;;;;;;/h3-4,7-10,18-21,33-34,46,54,57,59-63,76-78,87H,5-6,11-17,22-32,35-45,47-53H2,1-2H3,(H,88,123)(H,89,125)(H,90,122)(H,91,124)(H,110,111)(H,112,113)(H,114,115)(H,116,117)(H,118,119)(H,120,121)(H,127,128)(H,129,130)(H,131,132);;;;6*1H2/p+6/t54-,59-,60-,61+,62+,63+,77-,78-;;;;;;;;;/m0........./s1. The summed E-state index contributed by atoms with van der Waals surface area (Å²) in [5.74, 6) is -23.3. The van der Waals surface area contributed by atoms with Gasteiger partial charge in [-0.2, -0.15) is 0 Å². The summed E-state index contributed by atoms with van der Waals surface area (Å²) in [6.07, 6.45) is 4.82. The quantitative estimate of drug-likeness (QED) is 0.0108. The molecule has 32 N–H and O–H groups in total. The number of rotatable bonds is 53. The van der Waals surface area contributed by atoms with E-state index in [1.807, 2.05) is 0 Å². The molecule has 4 heterocycles. The molecule has 800 valence electrons. The number of hydrogen-bond donors (Lipinski definition) is 14. The second-order valence-corrected chi connectivity index (χ2v) is 32.9. The van der Waals surface area contributed by atoms with Crippen LogP contribution in [0, 0.1) is 5.92 Å². The first-order chi connectivity index (χ1) is 62.8. The molecule has 1 aromatic heterocycles. The maximum absolute atomic E-state index is 15.7. The van der Waals surface area contributed by atoms with Crippen LogP contribution in [0.5, 0.6) is 0 Å². The molecule has 0 radical (unpaired) electrons. The molecule has 0 spiro atoms. The van der Waals surface area contributed by atoms with Crippen molar-refractivity contribution in [3.05, 3.63) is 95.8 Å². The minimum atomic E-state index is -1.91. The van der Waals surface area contributed by atoms with E-state index in [4.69, 9.17) is 0 Å². The van der Waals surface area contributed by atoms with Gasteiger partial charge in [-0.25, -0.2) is 0 Å². The van der Waals surface area contributed by atoms with E-state index in [1.165, 1.54) is 14.5 Å². The number of aromatic nitrogens is 3. The number of likely N-dealkylation sites (N-methyl/N-ethyl adjacent to an activating group) is 1. The van der Waals surface area contributed by atoms with E-state index < -0.39 is 303 Å². The van der Waals surface area contributed by atoms with Crippen LogP contribution in [0.25, 0.3) is 0 Å². The number of amides is 11. The topological polar surface area (TPSA) is 841 Å². The Morgan fingerprint density at radius 3 is 1.22 bits per heavy atom. The van der Waals surface area contributed by atoms with Crippen molar-refractivity contribution in [2.75, 3.05) is 112 Å². The predicted molar refractivity (Wildman–Crippen MR) is 488 cm³/mol. The van der Waals surface area contributed by atoms with Gasteiger partial charge in [0.25, 0.3) is 11.8 Å². The first-order valence-electron chi connectivity index (χ1n) is 43.9. The molecule has 3 aliphatic heterocycles. The second kappa shape index (κ2) is 67.4. The number of carbonyl (C=O) groups is 20. The summed E-state index contributed by atoms with van der Waals surface area (Å²) < 4.78 is 1.48. The van der Waals surface area contributed by atoms with Crippen LogP contribution in [-0.2, 0) is 191 Å². The second-order valence-electron chi connectivity index (χ2n) is 32.9. The summed E-state index contributed by atoms with van der Waals surface area (Å²) in [4.78, 5) is 276. The molecule has 11 amide bonds. The van der Waals surface area contributed by atoms with Crippen molar-refractivity contribution in [2.45, 2.75) is 203 Å². The van der Waals surface area contributed by atoms with Crippen LogP contribution >= 0.6 is 0 Å². The molecule has 0 unspecified atom stereocenters. The molecule has 2 aromatic carbocycles. The Morgan fingerprint density at radius 1 is 0.440 bits per heavy atom. The summed E-state index contributed by atoms with van der Waals surface area (Å²) in [6, 6.07) is 6.54. The fourth-order valence-corrected chi connectivity index (χ4v) is 16.6. The smallest absolute Gasteiger partial charge is 0.320 e. The van der Waals surface area contributed by atoms with Crippen LogP contribution in [0.1, 0.15) is 158 Å². The van der Waals surface area contributed by atoms with E-state index >= 15 is 9.59 Å². The number of hydrogen-bond acceptors (Lipinski definition) is 26. The largest absolute Gasteiger partial charge is 0.480 e. The van der Waals surface area contributed by atoms with Crippen molar-refractivity contribution in [1.29, 1.82) is 0 Å². The third-order valence-corrected chi connectivity index (χ3v) is 23.6. The van der Waals surface area contributed by atoms with E-state index in [1.54, 1.807) is 80.8 Å². The molecule has 141 heavy (non-hydrogen) atoms. The molecule has 8 atom stereocenters. The van der Waals surface area contributed by atoms with Crippen molar-refractivity contribution in [1.82, 2.24) is 85.7 Å². The first-order valence-corrected chi connectivity index (χ1v) is 43.9. The Balaban J connectivity index is -0.0000212. The number of aliphatic carboxylic acids is 9. The molecule has 0 bridgehead atoms. The summed E-state index contributed by atoms with van der Waals surface area (Å²) in [5.41, 5.74) is 1.49. The molecule has 3 aromatic rings. The van der Waals surface area contributed by atoms with Gasteiger partial charge in [0, 0.05) is 165 Å². The van der Waals surface area contributed by atoms with Crippen LogP contribution in [-0.4, -0.2) is 384 Å². The van der Waals surface area contributed by atoms with E-state index in [-0.39, 0.29) is 159 Å². The third kappa shape index (κ3) is 43.2. The molecule has 3 fully saturated rings. The fourth-order valence-electron chi connectivity index (χ4n) is 16.6. The molecule has 4 aliphatic rings. The minimum Gasteiger partial charge on any atom is -0.480 e. The van der Waals surface area contributed by atoms with Gasteiger partial charge >= 0.3 is 53.7 Å². The summed E-state index contributed by atoms with van der Waals surface area (Å²) in [5, 5.41) is 111. The number of unbranched alkanes of at least 4 members (excludes halogenated alkanes) is 3. The zero-order chi connectivity index (χ0) is 96.8. The first kappa shape index (κ1) is 133. The van der Waals surface area contributed by atoms with Gasteiger partial charge in [-0.3, -0.25) is 120 Å². The van der Waals surface area contributed by atoms with Crippen LogP contribution < -0.4 is 26.6 Å². The van der Waals surface area contributed by atoms with Crippen LogP contribution in [0.2, 0.25) is 0 Å². The normalized spacial score (nSPS) is 15.8. The monoisotopic (exact) mass is 2140 g/mol. The van der Waals surface area contributed by atoms with Gasteiger partial charge in [-0.1, -0.05) is 91.6 Å². The van der Waals surface area contributed by atoms with Crippen molar-refractivity contribution >= 4 is 119 Å². The number of carboxylic acids is 9. The molecule has 1 saturated carbocycles. The average Bonchev–Trinajstić information content (AvgIpc) is 1.77. The molecule has 7 rings (SSSR count). The molecule has 1 aliphatic carbocycles. The van der Waals surface area contributed by atoms with Crippen molar-refractivity contribution in [3.8, 4) is 0 Å². The predicted octanol–water partition coefficient (Wildman–Crippen LogP) is -7.08. The van der Waals surface area contributed by atoms with Gasteiger partial charge in [0.2, 0.25) is 53.2 Å². The number of likely N-dealkylation sites (tertiary alicyclic amines) is 1. The van der Waals surface area contributed by atoms with Gasteiger partial charge in [0.15, 0.2) is 0 Å². The number of carbonyl (C=O) groups excluding carboxylic acids is 11. The maximum Gasteiger partial charge on any atom is 0.320 e. The Bertz CT molecular complexity index is 4430. The minimum absolute atomic E-state index is 0. The van der Waals surface area contributed by atoms with Gasteiger partial charge < -0.3 is 130 Å². The number of aryl methyl sites for hydroxylation is 1. The average molecular weight is 2150 g/mol. The Kier molecular flexibility index (Phi) is 63.6. The van der Waals surface area contributed by atoms with E-state index in [2.05, 4.69) is 36.9 Å². The fraction of sp³-hybridized carbons (Fsp3) is 0.581. The Hall–Kier alpha value is -12.0. The van der Waals surface area contributed by atoms with Gasteiger partial charge in [-0.05, 0) is 108 Å². The Morgan fingerprint density at radius 2 is 0.837 bits per heavy atom. The van der Waals surface area contributed by atoms with Crippen LogP contribution in [0.4, 0.5) is 0 Å². The number of imide groups is 1.